The molecule has 18 heavy (non-hydrogen) atoms. The lowest BCUT2D eigenvalue weighted by Crippen LogP contribution is -2.59. The predicted octanol–water partition coefficient (Wildman–Crippen LogP) is 3.54. The van der Waals surface area contributed by atoms with Gasteiger partial charge >= 0.3 is 0 Å². The average Bonchev–Trinajstić information content (AvgIpc) is 2.75. The summed E-state index contributed by atoms with van der Waals surface area (Å²) in [5.74, 6) is 0. The van der Waals surface area contributed by atoms with Crippen molar-refractivity contribution in [3.8, 4) is 0 Å². The van der Waals surface area contributed by atoms with Crippen molar-refractivity contribution >= 4 is 22.9 Å². The first-order valence-corrected chi connectivity index (χ1v) is 7.91. The standard InChI is InChI=1S/C14H23ClN2S/c1-17(2)14(8-4-3-5-9-14)12(16)10-11-6-7-13(15)18-11/h6-7,12H,3-5,8-10,16H2,1-2H3. The summed E-state index contributed by atoms with van der Waals surface area (Å²) in [5.41, 5.74) is 6.72. The van der Waals surface area contributed by atoms with Crippen molar-refractivity contribution in [3.63, 3.8) is 0 Å². The van der Waals surface area contributed by atoms with E-state index in [1.807, 2.05) is 6.07 Å². The first kappa shape index (κ1) is 14.3. The van der Waals surface area contributed by atoms with Gasteiger partial charge in [-0.25, -0.2) is 0 Å². The highest BCUT2D eigenvalue weighted by molar-refractivity contribution is 7.16. The van der Waals surface area contributed by atoms with Gasteiger partial charge in [0, 0.05) is 16.5 Å². The minimum atomic E-state index is 0.175. The van der Waals surface area contributed by atoms with Crippen LogP contribution in [0.25, 0.3) is 0 Å². The van der Waals surface area contributed by atoms with Gasteiger partial charge in [-0.1, -0.05) is 30.9 Å². The maximum Gasteiger partial charge on any atom is 0.0931 e. The Morgan fingerprint density at radius 2 is 2.00 bits per heavy atom. The van der Waals surface area contributed by atoms with Crippen LogP contribution in [0, 0.1) is 0 Å². The predicted molar refractivity (Wildman–Crippen MR) is 80.5 cm³/mol. The Morgan fingerprint density at radius 1 is 1.33 bits per heavy atom. The monoisotopic (exact) mass is 286 g/mol. The number of hydrogen-bond donors (Lipinski definition) is 1. The zero-order valence-electron chi connectivity index (χ0n) is 11.3. The first-order valence-electron chi connectivity index (χ1n) is 6.72. The SMILES string of the molecule is CN(C)C1(C(N)Cc2ccc(Cl)s2)CCCCC1. The molecule has 1 saturated carbocycles. The van der Waals surface area contributed by atoms with E-state index in [4.69, 9.17) is 17.3 Å². The Hall–Kier alpha value is -0.0900. The van der Waals surface area contributed by atoms with Gasteiger partial charge in [0.2, 0.25) is 0 Å². The number of nitrogens with zero attached hydrogens (tertiary/aromatic N) is 1. The molecule has 0 aliphatic heterocycles. The summed E-state index contributed by atoms with van der Waals surface area (Å²) in [7, 11) is 4.35. The molecule has 0 aromatic carbocycles. The second-order valence-corrected chi connectivity index (χ2v) is 7.37. The van der Waals surface area contributed by atoms with Crippen LogP contribution < -0.4 is 5.73 Å². The number of rotatable bonds is 4. The van der Waals surface area contributed by atoms with E-state index in [-0.39, 0.29) is 11.6 Å². The number of likely N-dealkylation sites (N-methyl/N-ethyl adjacent to an activating group) is 1. The molecular weight excluding hydrogens is 264 g/mol. The maximum atomic E-state index is 6.55. The molecule has 0 spiro atoms. The van der Waals surface area contributed by atoms with Crippen molar-refractivity contribution in [2.24, 2.45) is 5.73 Å². The fraction of sp³-hybridized carbons (Fsp3) is 0.714. The molecular formula is C14H23ClN2S. The fourth-order valence-electron chi connectivity index (χ4n) is 3.18. The highest BCUT2D eigenvalue weighted by atomic mass is 35.5. The lowest BCUT2D eigenvalue weighted by molar-refractivity contribution is 0.0718. The topological polar surface area (TPSA) is 29.3 Å². The highest BCUT2D eigenvalue weighted by Crippen LogP contribution is 2.36. The van der Waals surface area contributed by atoms with E-state index in [0.717, 1.165) is 10.8 Å². The van der Waals surface area contributed by atoms with Gasteiger partial charge in [0.25, 0.3) is 0 Å². The largest absolute Gasteiger partial charge is 0.326 e. The normalized spacial score (nSPS) is 21.2. The van der Waals surface area contributed by atoms with E-state index in [2.05, 4.69) is 25.1 Å². The quantitative estimate of drug-likeness (QED) is 0.917. The van der Waals surface area contributed by atoms with E-state index < -0.39 is 0 Å². The third-order valence-corrected chi connectivity index (χ3v) is 5.60. The van der Waals surface area contributed by atoms with Crippen LogP contribution in [0.5, 0.6) is 0 Å². The maximum absolute atomic E-state index is 6.55. The van der Waals surface area contributed by atoms with Crippen LogP contribution in [-0.2, 0) is 6.42 Å². The average molecular weight is 287 g/mol. The van der Waals surface area contributed by atoms with Gasteiger partial charge in [-0.05, 0) is 45.5 Å². The van der Waals surface area contributed by atoms with Crippen LogP contribution in [0.4, 0.5) is 0 Å². The zero-order valence-corrected chi connectivity index (χ0v) is 12.9. The molecule has 1 unspecified atom stereocenters. The van der Waals surface area contributed by atoms with E-state index >= 15 is 0 Å². The second kappa shape index (κ2) is 5.91. The van der Waals surface area contributed by atoms with E-state index in [1.54, 1.807) is 11.3 Å². The van der Waals surface area contributed by atoms with Crippen molar-refractivity contribution in [2.75, 3.05) is 14.1 Å². The van der Waals surface area contributed by atoms with Crippen LogP contribution in [0.1, 0.15) is 37.0 Å². The summed E-state index contributed by atoms with van der Waals surface area (Å²) in [6, 6.07) is 4.28. The van der Waals surface area contributed by atoms with Crippen molar-refractivity contribution < 1.29 is 0 Å². The third kappa shape index (κ3) is 2.90. The molecule has 1 heterocycles. The Bertz CT molecular complexity index is 383. The molecule has 2 N–H and O–H groups in total. The molecule has 102 valence electrons. The van der Waals surface area contributed by atoms with Gasteiger partial charge in [-0.3, -0.25) is 0 Å². The van der Waals surface area contributed by atoms with Crippen LogP contribution in [0.15, 0.2) is 12.1 Å². The van der Waals surface area contributed by atoms with E-state index in [1.165, 1.54) is 37.0 Å². The number of hydrogen-bond acceptors (Lipinski definition) is 3. The van der Waals surface area contributed by atoms with E-state index in [0.29, 0.717) is 0 Å². The lowest BCUT2D eigenvalue weighted by Gasteiger charge is -2.47. The molecule has 1 atom stereocenters. The molecule has 0 amide bonds. The summed E-state index contributed by atoms with van der Waals surface area (Å²) in [6.45, 7) is 0. The van der Waals surface area contributed by atoms with Crippen molar-refractivity contribution in [1.29, 1.82) is 0 Å². The van der Waals surface area contributed by atoms with Gasteiger partial charge < -0.3 is 10.6 Å². The third-order valence-electron chi connectivity index (χ3n) is 4.35. The summed E-state index contributed by atoms with van der Waals surface area (Å²) < 4.78 is 0.861. The van der Waals surface area contributed by atoms with E-state index in [9.17, 15) is 0 Å². The van der Waals surface area contributed by atoms with Crippen molar-refractivity contribution in [2.45, 2.75) is 50.1 Å². The van der Waals surface area contributed by atoms with Crippen LogP contribution >= 0.6 is 22.9 Å². The van der Waals surface area contributed by atoms with Gasteiger partial charge in [0.05, 0.1) is 4.34 Å². The van der Waals surface area contributed by atoms with Crippen LogP contribution in [-0.4, -0.2) is 30.6 Å². The Kier molecular flexibility index (Phi) is 4.70. The summed E-state index contributed by atoms with van der Waals surface area (Å²) in [5, 5.41) is 0. The number of thiophene rings is 1. The Labute approximate surface area is 119 Å². The molecule has 0 radical (unpaired) electrons. The fourth-order valence-corrected chi connectivity index (χ4v) is 4.33. The number of nitrogens with two attached hydrogens (primary N) is 1. The summed E-state index contributed by atoms with van der Waals surface area (Å²) >= 11 is 7.65. The van der Waals surface area contributed by atoms with Gasteiger partial charge in [0.1, 0.15) is 0 Å². The molecule has 1 aromatic rings. The van der Waals surface area contributed by atoms with Gasteiger partial charge in [0.15, 0.2) is 0 Å². The highest BCUT2D eigenvalue weighted by Gasteiger charge is 2.39. The lowest BCUT2D eigenvalue weighted by atomic mass is 9.74. The van der Waals surface area contributed by atoms with Crippen molar-refractivity contribution in [3.05, 3.63) is 21.3 Å². The molecule has 2 rings (SSSR count). The molecule has 1 aromatic heterocycles. The van der Waals surface area contributed by atoms with Crippen molar-refractivity contribution in [1.82, 2.24) is 4.90 Å². The summed E-state index contributed by atoms with van der Waals surface area (Å²) in [6.07, 6.45) is 7.34. The molecule has 1 aliphatic rings. The summed E-state index contributed by atoms with van der Waals surface area (Å²) in [4.78, 5) is 3.66. The molecule has 1 aliphatic carbocycles. The van der Waals surface area contributed by atoms with Crippen LogP contribution in [0.3, 0.4) is 0 Å². The Morgan fingerprint density at radius 3 is 2.50 bits per heavy atom. The molecule has 1 fully saturated rings. The zero-order chi connectivity index (χ0) is 13.2. The molecule has 0 saturated heterocycles. The minimum Gasteiger partial charge on any atom is -0.326 e. The Balaban J connectivity index is 2.10. The first-order chi connectivity index (χ1) is 8.54. The molecule has 0 bridgehead atoms. The smallest absolute Gasteiger partial charge is 0.0931 e. The number of halogens is 1. The molecule has 2 nitrogen and oxygen atoms in total. The molecule has 4 heteroatoms. The minimum absolute atomic E-state index is 0.175. The second-order valence-electron chi connectivity index (χ2n) is 5.58. The van der Waals surface area contributed by atoms with Gasteiger partial charge in [-0.15, -0.1) is 11.3 Å². The van der Waals surface area contributed by atoms with Crippen LogP contribution in [0.2, 0.25) is 4.34 Å². The van der Waals surface area contributed by atoms with Gasteiger partial charge in [-0.2, -0.15) is 0 Å².